The van der Waals surface area contributed by atoms with E-state index in [4.69, 9.17) is 0 Å². The third-order valence-corrected chi connectivity index (χ3v) is 1.48. The van der Waals surface area contributed by atoms with E-state index in [-0.39, 0.29) is 0 Å². The minimum absolute atomic E-state index is 1.06. The van der Waals surface area contributed by atoms with Crippen LogP contribution in [0.2, 0.25) is 0 Å². The smallest absolute Gasteiger partial charge is 0.0157 e. The van der Waals surface area contributed by atoms with Gasteiger partial charge in [-0.2, -0.15) is 0 Å². The summed E-state index contributed by atoms with van der Waals surface area (Å²) < 4.78 is 1.20. The van der Waals surface area contributed by atoms with E-state index in [1.165, 1.54) is 4.43 Å². The van der Waals surface area contributed by atoms with E-state index in [0.29, 0.717) is 0 Å². The third-order valence-electron chi connectivity index (χ3n) is 0.543. The molecule has 0 unspecified atom stereocenters. The monoisotopic (exact) mass is 277 g/mol. The van der Waals surface area contributed by atoms with Crippen molar-refractivity contribution in [3.63, 3.8) is 0 Å². The second-order valence-electron chi connectivity index (χ2n) is 1.13. The number of hydrogen-bond acceptors (Lipinski definition) is 1. The zero-order valence-corrected chi connectivity index (χ0v) is 7.83. The van der Waals surface area contributed by atoms with Crippen molar-refractivity contribution in [3.05, 3.63) is 0 Å². The summed E-state index contributed by atoms with van der Waals surface area (Å²) in [4.78, 5) is 0. The standard InChI is InChI=1S/C4H9BrIN/c5-1-3-7-4-2-6/h7H,1-4H2. The molecule has 0 rings (SSSR count). The molecule has 0 fully saturated rings. The Morgan fingerprint density at radius 2 is 2.14 bits per heavy atom. The lowest BCUT2D eigenvalue weighted by Gasteiger charge is -1.94. The molecule has 0 aliphatic carbocycles. The summed E-state index contributed by atoms with van der Waals surface area (Å²) in [7, 11) is 0. The van der Waals surface area contributed by atoms with Gasteiger partial charge in [-0.3, -0.25) is 0 Å². The summed E-state index contributed by atoms with van der Waals surface area (Å²) in [6.07, 6.45) is 0. The van der Waals surface area contributed by atoms with Gasteiger partial charge in [0.1, 0.15) is 0 Å². The van der Waals surface area contributed by atoms with E-state index < -0.39 is 0 Å². The van der Waals surface area contributed by atoms with Gasteiger partial charge in [0.15, 0.2) is 0 Å². The van der Waals surface area contributed by atoms with Crippen molar-refractivity contribution in [2.24, 2.45) is 0 Å². The largest absolute Gasteiger partial charge is 0.315 e. The molecular weight excluding hydrogens is 269 g/mol. The predicted octanol–water partition coefficient (Wildman–Crippen LogP) is 1.41. The second kappa shape index (κ2) is 7.17. The van der Waals surface area contributed by atoms with Gasteiger partial charge in [-0.05, 0) is 0 Å². The van der Waals surface area contributed by atoms with Crippen molar-refractivity contribution in [1.82, 2.24) is 5.32 Å². The topological polar surface area (TPSA) is 12.0 Å². The van der Waals surface area contributed by atoms with Gasteiger partial charge >= 0.3 is 0 Å². The maximum atomic E-state index is 3.31. The second-order valence-corrected chi connectivity index (χ2v) is 3.00. The Morgan fingerprint density at radius 3 is 2.57 bits per heavy atom. The van der Waals surface area contributed by atoms with Crippen molar-refractivity contribution in [3.8, 4) is 0 Å². The van der Waals surface area contributed by atoms with Gasteiger partial charge in [0.25, 0.3) is 0 Å². The number of halogens is 2. The van der Waals surface area contributed by atoms with Crippen molar-refractivity contribution in [2.45, 2.75) is 0 Å². The Balaban J connectivity index is 2.45. The molecule has 0 atom stereocenters. The summed E-state index contributed by atoms with van der Waals surface area (Å²) in [5.41, 5.74) is 0. The Labute approximate surface area is 66.5 Å². The molecule has 0 radical (unpaired) electrons. The lowest BCUT2D eigenvalue weighted by molar-refractivity contribution is 0.782. The fourth-order valence-electron chi connectivity index (χ4n) is 0.259. The van der Waals surface area contributed by atoms with Crippen molar-refractivity contribution in [2.75, 3.05) is 22.8 Å². The van der Waals surface area contributed by atoms with Crippen molar-refractivity contribution >= 4 is 38.5 Å². The summed E-state index contributed by atoms with van der Waals surface area (Å²) in [6.45, 7) is 2.22. The molecular formula is C4H9BrIN. The van der Waals surface area contributed by atoms with Crippen LogP contribution in [-0.2, 0) is 0 Å². The molecule has 0 saturated carbocycles. The molecule has 0 heterocycles. The molecule has 0 aromatic carbocycles. The van der Waals surface area contributed by atoms with Crippen LogP contribution in [0.5, 0.6) is 0 Å². The molecule has 0 bridgehead atoms. The van der Waals surface area contributed by atoms with E-state index in [2.05, 4.69) is 43.8 Å². The molecule has 0 aromatic rings. The average molecular weight is 278 g/mol. The number of alkyl halides is 2. The molecule has 0 saturated heterocycles. The van der Waals surface area contributed by atoms with Crippen LogP contribution >= 0.6 is 38.5 Å². The number of rotatable bonds is 4. The van der Waals surface area contributed by atoms with Crippen LogP contribution in [0.1, 0.15) is 0 Å². The minimum atomic E-state index is 1.06. The zero-order chi connectivity index (χ0) is 5.54. The summed E-state index contributed by atoms with van der Waals surface area (Å²) in [5.74, 6) is 0. The van der Waals surface area contributed by atoms with Crippen molar-refractivity contribution in [1.29, 1.82) is 0 Å². The number of hydrogen-bond donors (Lipinski definition) is 1. The molecule has 1 nitrogen and oxygen atoms in total. The van der Waals surface area contributed by atoms with Gasteiger partial charge in [0, 0.05) is 22.8 Å². The number of nitrogens with one attached hydrogen (secondary N) is 1. The maximum absolute atomic E-state index is 3.31. The normalized spacial score (nSPS) is 9.43. The van der Waals surface area contributed by atoms with Crippen LogP contribution in [0.4, 0.5) is 0 Å². The van der Waals surface area contributed by atoms with Gasteiger partial charge < -0.3 is 5.32 Å². The van der Waals surface area contributed by atoms with Crippen molar-refractivity contribution < 1.29 is 0 Å². The third kappa shape index (κ3) is 7.17. The SMILES string of the molecule is BrCCNCCI. The minimum Gasteiger partial charge on any atom is -0.315 e. The van der Waals surface area contributed by atoms with Gasteiger partial charge in [-0.1, -0.05) is 38.5 Å². The van der Waals surface area contributed by atoms with E-state index in [0.717, 1.165) is 18.4 Å². The van der Waals surface area contributed by atoms with Crippen LogP contribution in [0.25, 0.3) is 0 Å². The van der Waals surface area contributed by atoms with Crippen LogP contribution < -0.4 is 5.32 Å². The predicted molar refractivity (Wildman–Crippen MR) is 45.6 cm³/mol. The first-order valence-electron chi connectivity index (χ1n) is 2.24. The van der Waals surface area contributed by atoms with Gasteiger partial charge in [0.05, 0.1) is 0 Å². The van der Waals surface area contributed by atoms with E-state index in [9.17, 15) is 0 Å². The van der Waals surface area contributed by atoms with Crippen LogP contribution in [0.3, 0.4) is 0 Å². The van der Waals surface area contributed by atoms with Gasteiger partial charge in [-0.15, -0.1) is 0 Å². The highest BCUT2D eigenvalue weighted by atomic mass is 127. The lowest BCUT2D eigenvalue weighted by Crippen LogP contribution is -2.18. The first-order valence-corrected chi connectivity index (χ1v) is 4.89. The average Bonchev–Trinajstić information content (AvgIpc) is 1.69. The van der Waals surface area contributed by atoms with E-state index in [1.807, 2.05) is 0 Å². The van der Waals surface area contributed by atoms with E-state index >= 15 is 0 Å². The molecule has 0 amide bonds. The summed E-state index contributed by atoms with van der Waals surface area (Å²) in [5, 5.41) is 4.29. The fraction of sp³-hybridized carbons (Fsp3) is 1.00. The Morgan fingerprint density at radius 1 is 1.43 bits per heavy atom. The molecule has 44 valence electrons. The lowest BCUT2D eigenvalue weighted by atomic mass is 10.7. The highest BCUT2D eigenvalue weighted by Crippen LogP contribution is 1.77. The van der Waals surface area contributed by atoms with Crippen LogP contribution in [0, 0.1) is 0 Å². The van der Waals surface area contributed by atoms with Crippen LogP contribution in [0.15, 0.2) is 0 Å². The van der Waals surface area contributed by atoms with Gasteiger partial charge in [-0.25, -0.2) is 0 Å². The maximum Gasteiger partial charge on any atom is 0.0157 e. The molecule has 7 heavy (non-hydrogen) atoms. The Hall–Kier alpha value is 1.17. The zero-order valence-electron chi connectivity index (χ0n) is 4.08. The van der Waals surface area contributed by atoms with Gasteiger partial charge in [0.2, 0.25) is 0 Å². The first kappa shape index (κ1) is 8.17. The highest BCUT2D eigenvalue weighted by molar-refractivity contribution is 14.1. The van der Waals surface area contributed by atoms with E-state index in [1.54, 1.807) is 0 Å². The molecule has 0 aliphatic heterocycles. The quantitative estimate of drug-likeness (QED) is 0.465. The summed E-state index contributed by atoms with van der Waals surface area (Å²) >= 11 is 5.66. The Kier molecular flexibility index (Phi) is 8.37. The molecule has 3 heteroatoms. The highest BCUT2D eigenvalue weighted by Gasteiger charge is 1.78. The van der Waals surface area contributed by atoms with Crippen LogP contribution in [-0.4, -0.2) is 22.8 Å². The molecule has 0 spiro atoms. The molecule has 0 aliphatic rings. The Bertz CT molecular complexity index is 30.9. The molecule has 0 aromatic heterocycles. The fourth-order valence-corrected chi connectivity index (χ4v) is 0.920. The molecule has 1 N–H and O–H groups in total. The first-order chi connectivity index (χ1) is 3.41. The summed E-state index contributed by atoms with van der Waals surface area (Å²) in [6, 6.07) is 0.